The van der Waals surface area contributed by atoms with Gasteiger partial charge in [0.25, 0.3) is 11.8 Å². The maximum absolute atomic E-state index is 13.8. The highest BCUT2D eigenvalue weighted by atomic mass is 16.5. The van der Waals surface area contributed by atoms with Crippen molar-refractivity contribution in [3.8, 4) is 17.3 Å². The van der Waals surface area contributed by atoms with E-state index in [-0.39, 0.29) is 36.0 Å². The highest BCUT2D eigenvalue weighted by Crippen LogP contribution is 2.40. The van der Waals surface area contributed by atoms with E-state index in [0.717, 1.165) is 65.2 Å². The molecule has 1 saturated carbocycles. The maximum atomic E-state index is 13.8. The number of nitrogens with two attached hydrogens (primary N) is 1. The summed E-state index contributed by atoms with van der Waals surface area (Å²) in [5.41, 5.74) is 13.6. The summed E-state index contributed by atoms with van der Waals surface area (Å²) < 4.78 is 10.1. The number of nitrogens with one attached hydrogen (secondary N) is 1. The number of ether oxygens (including phenoxy) is 1. The van der Waals surface area contributed by atoms with Crippen LogP contribution >= 0.6 is 0 Å². The predicted molar refractivity (Wildman–Crippen MR) is 181 cm³/mol. The van der Waals surface area contributed by atoms with E-state index in [2.05, 4.69) is 22.0 Å². The molecule has 5 aromatic rings. The molecule has 4 aromatic heterocycles. The van der Waals surface area contributed by atoms with Crippen molar-refractivity contribution in [3.05, 3.63) is 82.7 Å². The van der Waals surface area contributed by atoms with Crippen molar-refractivity contribution < 1.29 is 14.3 Å². The number of rotatable bonds is 8. The van der Waals surface area contributed by atoms with E-state index in [1.54, 1.807) is 7.11 Å². The Hall–Kier alpha value is -4.70. The zero-order chi connectivity index (χ0) is 32.6. The molecule has 2 saturated heterocycles. The van der Waals surface area contributed by atoms with E-state index in [1.165, 1.54) is 12.8 Å². The molecule has 10 heteroatoms. The van der Waals surface area contributed by atoms with Crippen molar-refractivity contribution in [2.45, 2.75) is 83.6 Å². The van der Waals surface area contributed by atoms with E-state index in [1.807, 2.05) is 72.5 Å². The third kappa shape index (κ3) is 4.97. The van der Waals surface area contributed by atoms with Crippen molar-refractivity contribution in [3.63, 3.8) is 0 Å². The summed E-state index contributed by atoms with van der Waals surface area (Å²) in [5, 5.41) is 4.15. The largest absolute Gasteiger partial charge is 0.482 e. The number of imidazole rings is 1. The Morgan fingerprint density at radius 2 is 1.85 bits per heavy atom. The molecule has 3 aliphatic rings. The lowest BCUT2D eigenvalue weighted by Gasteiger charge is -2.23. The zero-order valence-electron chi connectivity index (χ0n) is 27.4. The van der Waals surface area contributed by atoms with Gasteiger partial charge >= 0.3 is 0 Å². The summed E-state index contributed by atoms with van der Waals surface area (Å²) in [6.45, 7) is 6.79. The van der Waals surface area contributed by atoms with Crippen molar-refractivity contribution in [1.29, 1.82) is 0 Å². The number of fused-ring (bicyclic) bond motifs is 4. The second-order valence-corrected chi connectivity index (χ2v) is 13.7. The smallest absolute Gasteiger partial charge is 0.254 e. The number of carbonyl (C=O) groups is 2. The summed E-state index contributed by atoms with van der Waals surface area (Å²) >= 11 is 0. The van der Waals surface area contributed by atoms with Gasteiger partial charge < -0.3 is 25.3 Å². The molecule has 0 radical (unpaired) electrons. The van der Waals surface area contributed by atoms with Crippen molar-refractivity contribution in [2.24, 2.45) is 11.7 Å². The Kier molecular flexibility index (Phi) is 7.09. The number of pyridine rings is 2. The zero-order valence-corrected chi connectivity index (χ0v) is 27.4. The molecule has 2 amide bonds. The minimum atomic E-state index is -0.281. The van der Waals surface area contributed by atoms with Crippen molar-refractivity contribution >= 4 is 28.5 Å². The number of aryl methyl sites for hydroxylation is 2. The number of methoxy groups -OCH3 is 1. The minimum Gasteiger partial charge on any atom is -0.482 e. The molecule has 47 heavy (non-hydrogen) atoms. The third-order valence-corrected chi connectivity index (χ3v) is 10.5. The number of carbonyl (C=O) groups excluding carboxylic acids is 2. The molecule has 4 atom stereocenters. The summed E-state index contributed by atoms with van der Waals surface area (Å²) in [6.07, 6.45) is 5.21. The Morgan fingerprint density at radius 1 is 1.04 bits per heavy atom. The second kappa shape index (κ2) is 11.2. The fourth-order valence-corrected chi connectivity index (χ4v) is 7.79. The highest BCUT2D eigenvalue weighted by Gasteiger charge is 2.47. The van der Waals surface area contributed by atoms with Crippen LogP contribution in [-0.2, 0) is 6.54 Å². The van der Waals surface area contributed by atoms with Gasteiger partial charge in [-0.1, -0.05) is 18.2 Å². The Morgan fingerprint density at radius 3 is 2.55 bits per heavy atom. The highest BCUT2D eigenvalue weighted by molar-refractivity contribution is 5.97. The van der Waals surface area contributed by atoms with Crippen LogP contribution in [-0.4, -0.2) is 60.9 Å². The quantitative estimate of drug-likeness (QED) is 0.231. The van der Waals surface area contributed by atoms with Gasteiger partial charge in [-0.3, -0.25) is 14.0 Å². The number of aromatic nitrogens is 4. The van der Waals surface area contributed by atoms with E-state index >= 15 is 0 Å². The molecule has 0 unspecified atom stereocenters. The Balaban J connectivity index is 1.17. The van der Waals surface area contributed by atoms with Gasteiger partial charge in [0.15, 0.2) is 5.88 Å². The molecule has 1 aromatic carbocycles. The summed E-state index contributed by atoms with van der Waals surface area (Å²) in [7, 11) is 1.63. The Labute approximate surface area is 273 Å². The monoisotopic (exact) mass is 631 g/mol. The van der Waals surface area contributed by atoms with Crippen molar-refractivity contribution in [1.82, 2.24) is 29.2 Å². The molecule has 242 valence electrons. The first-order valence-corrected chi connectivity index (χ1v) is 16.7. The van der Waals surface area contributed by atoms with Gasteiger partial charge in [0.1, 0.15) is 17.0 Å². The molecule has 8 rings (SSSR count). The molecule has 6 heterocycles. The number of hydrogen-bond acceptors (Lipinski definition) is 6. The van der Waals surface area contributed by atoms with Crippen LogP contribution in [0.15, 0.2) is 54.6 Å². The molecule has 0 spiro atoms. The first-order chi connectivity index (χ1) is 22.7. The fraction of sp³-hybridized carbons (Fsp3) is 0.405. The predicted octanol–water partition coefficient (Wildman–Crippen LogP) is 5.58. The van der Waals surface area contributed by atoms with Gasteiger partial charge in [0.2, 0.25) is 0 Å². The number of hydrogen-bond donors (Lipinski definition) is 2. The average Bonchev–Trinajstić information content (AvgIpc) is 3.38. The van der Waals surface area contributed by atoms with Crippen LogP contribution in [0, 0.1) is 19.8 Å². The van der Waals surface area contributed by atoms with Gasteiger partial charge in [0, 0.05) is 47.2 Å². The summed E-state index contributed by atoms with van der Waals surface area (Å²) in [5.74, 6) is 1.04. The number of benzene rings is 1. The first kappa shape index (κ1) is 29.7. The lowest BCUT2D eigenvalue weighted by Crippen LogP contribution is -2.40. The number of amides is 2. The average molecular weight is 632 g/mol. The van der Waals surface area contributed by atoms with Gasteiger partial charge in [-0.25, -0.2) is 9.97 Å². The van der Waals surface area contributed by atoms with Crippen LogP contribution in [0.3, 0.4) is 0 Å². The maximum Gasteiger partial charge on any atom is 0.254 e. The molecule has 2 bridgehead atoms. The molecular formula is C37H41N7O3. The van der Waals surface area contributed by atoms with Gasteiger partial charge in [-0.15, -0.1) is 0 Å². The van der Waals surface area contributed by atoms with E-state index in [4.69, 9.17) is 20.4 Å². The minimum absolute atomic E-state index is 0.00309. The van der Waals surface area contributed by atoms with Crippen LogP contribution < -0.4 is 15.8 Å². The van der Waals surface area contributed by atoms with Gasteiger partial charge in [0.05, 0.1) is 30.2 Å². The first-order valence-electron chi connectivity index (χ1n) is 16.7. The van der Waals surface area contributed by atoms with Gasteiger partial charge in [-0.2, -0.15) is 0 Å². The molecule has 3 N–H and O–H groups in total. The van der Waals surface area contributed by atoms with E-state index < -0.39 is 0 Å². The molecule has 1 aliphatic carbocycles. The van der Waals surface area contributed by atoms with Crippen LogP contribution in [0.25, 0.3) is 28.1 Å². The third-order valence-electron chi connectivity index (χ3n) is 10.5. The SMILES string of the molecule is COc1cc(C(=O)N2[C@H]3CC[C@@H]2[C@H](N)C3)cc2nc(-c3cc4ccc([C@@H](C)NC(=O)c5ccccc5C)nc4n3CC3CC3)c(C)n12. The molecule has 2 aliphatic heterocycles. The van der Waals surface area contributed by atoms with E-state index in [9.17, 15) is 9.59 Å². The van der Waals surface area contributed by atoms with Crippen LogP contribution in [0.1, 0.15) is 82.7 Å². The molecular weight excluding hydrogens is 590 g/mol. The Bertz CT molecular complexity index is 2060. The lowest BCUT2D eigenvalue weighted by molar-refractivity contribution is 0.0725. The summed E-state index contributed by atoms with van der Waals surface area (Å²) in [6, 6.07) is 17.6. The topological polar surface area (TPSA) is 120 Å². The van der Waals surface area contributed by atoms with Crippen LogP contribution in [0.2, 0.25) is 0 Å². The number of nitrogens with zero attached hydrogens (tertiary/aromatic N) is 5. The van der Waals surface area contributed by atoms with Gasteiger partial charge in [-0.05, 0) is 94.7 Å². The van der Waals surface area contributed by atoms with Crippen molar-refractivity contribution in [2.75, 3.05) is 7.11 Å². The fourth-order valence-electron chi connectivity index (χ4n) is 7.79. The lowest BCUT2D eigenvalue weighted by atomic mass is 9.97. The second-order valence-electron chi connectivity index (χ2n) is 13.7. The molecule has 10 nitrogen and oxygen atoms in total. The molecule has 3 fully saturated rings. The van der Waals surface area contributed by atoms with Crippen LogP contribution in [0.5, 0.6) is 5.88 Å². The van der Waals surface area contributed by atoms with Crippen LogP contribution in [0.4, 0.5) is 0 Å². The normalized spacial score (nSPS) is 21.1. The standard InChI is InChI=1S/C37H41N7O3/c1-20-7-5-6-8-27(20)36(45)39-21(2)29-13-11-24-15-31(42(35(24)40-29)19-23-9-10-23)34-22(3)43-32(41-34)16-25(17-33(43)47-4)37(46)44-26-12-14-30(44)28(38)18-26/h5-8,11,13,15-17,21,23,26,28,30H,9-10,12,14,18-19,38H2,1-4H3,(H,39,45)/t21-,26+,28-,30-/m1/s1. The summed E-state index contributed by atoms with van der Waals surface area (Å²) in [4.78, 5) is 39.2. The van der Waals surface area contributed by atoms with E-state index in [0.29, 0.717) is 28.6 Å².